The van der Waals surface area contributed by atoms with Gasteiger partial charge in [0.25, 0.3) is 0 Å². The summed E-state index contributed by atoms with van der Waals surface area (Å²) in [7, 11) is 0. The highest BCUT2D eigenvalue weighted by atomic mass is 79.9. The number of benzene rings is 1. The van der Waals surface area contributed by atoms with Crippen LogP contribution in [0.5, 0.6) is 5.75 Å². The molecule has 0 aliphatic rings. The van der Waals surface area contributed by atoms with E-state index < -0.39 is 0 Å². The molecular weight excluding hydrogens is 311 g/mol. The number of aromatic nitrogens is 1. The largest absolute Gasteiger partial charge is 0.506 e. The summed E-state index contributed by atoms with van der Waals surface area (Å²) in [6, 6.07) is 6.48. The van der Waals surface area contributed by atoms with Gasteiger partial charge in [-0.3, -0.25) is 4.98 Å². The van der Waals surface area contributed by atoms with E-state index in [0.29, 0.717) is 22.4 Å². The van der Waals surface area contributed by atoms with Gasteiger partial charge in [-0.05, 0) is 59.6 Å². The summed E-state index contributed by atoms with van der Waals surface area (Å²) in [6.45, 7) is 4.08. The zero-order valence-electron chi connectivity index (χ0n) is 10.7. The highest BCUT2D eigenvalue weighted by Gasteiger charge is 2.07. The second-order valence-electron chi connectivity index (χ2n) is 4.35. The maximum absolute atomic E-state index is 13.5. The Hall–Kier alpha value is -1.62. The molecule has 0 radical (unpaired) electrons. The smallest absolute Gasteiger partial charge is 0.139 e. The Morgan fingerprint density at radius 2 is 2.05 bits per heavy atom. The average molecular weight is 325 g/mol. The molecule has 1 aromatic heterocycles. The van der Waals surface area contributed by atoms with Crippen LogP contribution in [-0.2, 0) is 6.54 Å². The van der Waals surface area contributed by atoms with Crippen molar-refractivity contribution in [2.24, 2.45) is 0 Å². The van der Waals surface area contributed by atoms with E-state index in [-0.39, 0.29) is 11.6 Å². The SMILES string of the molecule is Cc1ccc(O)c(CNc2cc(F)c(Br)cc2C)n1. The second kappa shape index (κ2) is 5.57. The molecule has 5 heteroatoms. The lowest BCUT2D eigenvalue weighted by atomic mass is 10.2. The molecule has 0 saturated carbocycles. The van der Waals surface area contributed by atoms with Gasteiger partial charge in [0, 0.05) is 11.4 Å². The summed E-state index contributed by atoms with van der Waals surface area (Å²) in [5.41, 5.74) is 2.97. The molecule has 0 fully saturated rings. The summed E-state index contributed by atoms with van der Waals surface area (Å²) in [4.78, 5) is 4.24. The Morgan fingerprint density at radius 1 is 1.32 bits per heavy atom. The Kier molecular flexibility index (Phi) is 4.04. The van der Waals surface area contributed by atoms with Crippen molar-refractivity contribution in [2.75, 3.05) is 5.32 Å². The van der Waals surface area contributed by atoms with Crippen molar-refractivity contribution >= 4 is 21.6 Å². The molecule has 100 valence electrons. The van der Waals surface area contributed by atoms with E-state index >= 15 is 0 Å². The molecule has 3 nitrogen and oxygen atoms in total. The molecule has 0 bridgehead atoms. The maximum Gasteiger partial charge on any atom is 0.139 e. The summed E-state index contributed by atoms with van der Waals surface area (Å²) in [6.07, 6.45) is 0. The molecule has 0 unspecified atom stereocenters. The van der Waals surface area contributed by atoms with Gasteiger partial charge in [0.15, 0.2) is 0 Å². The molecule has 0 spiro atoms. The molecule has 0 aliphatic carbocycles. The first-order valence-electron chi connectivity index (χ1n) is 5.82. The van der Waals surface area contributed by atoms with E-state index in [1.807, 2.05) is 13.8 Å². The minimum Gasteiger partial charge on any atom is -0.506 e. The lowest BCUT2D eigenvalue weighted by Gasteiger charge is -2.11. The number of hydrogen-bond acceptors (Lipinski definition) is 3. The third kappa shape index (κ3) is 3.23. The van der Waals surface area contributed by atoms with Gasteiger partial charge in [-0.1, -0.05) is 0 Å². The monoisotopic (exact) mass is 324 g/mol. The Morgan fingerprint density at radius 3 is 2.79 bits per heavy atom. The summed E-state index contributed by atoms with van der Waals surface area (Å²) < 4.78 is 13.9. The molecule has 2 aromatic rings. The van der Waals surface area contributed by atoms with Crippen LogP contribution in [0.15, 0.2) is 28.7 Å². The van der Waals surface area contributed by atoms with Crippen LogP contribution in [0.3, 0.4) is 0 Å². The Labute approximate surface area is 119 Å². The van der Waals surface area contributed by atoms with E-state index in [2.05, 4.69) is 26.2 Å². The fourth-order valence-electron chi connectivity index (χ4n) is 1.75. The molecule has 19 heavy (non-hydrogen) atoms. The predicted molar refractivity (Wildman–Crippen MR) is 76.8 cm³/mol. The Balaban J connectivity index is 2.19. The minimum absolute atomic E-state index is 0.133. The summed E-state index contributed by atoms with van der Waals surface area (Å²) in [5.74, 6) is -0.192. The van der Waals surface area contributed by atoms with Gasteiger partial charge in [0.2, 0.25) is 0 Å². The van der Waals surface area contributed by atoms with Crippen LogP contribution >= 0.6 is 15.9 Å². The lowest BCUT2D eigenvalue weighted by Crippen LogP contribution is -2.04. The van der Waals surface area contributed by atoms with Crippen LogP contribution in [0.1, 0.15) is 17.0 Å². The average Bonchev–Trinajstić information content (AvgIpc) is 2.36. The first-order chi connectivity index (χ1) is 8.97. The van der Waals surface area contributed by atoms with Crippen molar-refractivity contribution in [1.82, 2.24) is 4.98 Å². The van der Waals surface area contributed by atoms with E-state index in [9.17, 15) is 9.50 Å². The highest BCUT2D eigenvalue weighted by Crippen LogP contribution is 2.25. The quantitative estimate of drug-likeness (QED) is 0.899. The van der Waals surface area contributed by atoms with Crippen molar-refractivity contribution < 1.29 is 9.50 Å². The van der Waals surface area contributed by atoms with Crippen molar-refractivity contribution in [2.45, 2.75) is 20.4 Å². The molecule has 0 aliphatic heterocycles. The van der Waals surface area contributed by atoms with Gasteiger partial charge in [0.1, 0.15) is 17.3 Å². The van der Waals surface area contributed by atoms with Crippen molar-refractivity contribution in [3.05, 3.63) is 51.5 Å². The van der Waals surface area contributed by atoms with Gasteiger partial charge < -0.3 is 10.4 Å². The van der Waals surface area contributed by atoms with Crippen LogP contribution in [0.4, 0.5) is 10.1 Å². The predicted octanol–water partition coefficient (Wildman–Crippen LogP) is 3.92. The third-order valence-electron chi connectivity index (χ3n) is 2.80. The number of nitrogens with one attached hydrogen (secondary N) is 1. The van der Waals surface area contributed by atoms with E-state index in [1.165, 1.54) is 6.07 Å². The molecule has 0 amide bonds. The van der Waals surface area contributed by atoms with Gasteiger partial charge in [-0.15, -0.1) is 0 Å². The molecular formula is C14H14BrFN2O. The molecule has 0 atom stereocenters. The topological polar surface area (TPSA) is 45.1 Å². The molecule has 1 heterocycles. The molecule has 2 rings (SSSR count). The summed E-state index contributed by atoms with van der Waals surface area (Å²) in [5, 5.41) is 12.8. The standard InChI is InChI=1S/C14H14BrFN2O/c1-8-5-10(15)11(16)6-12(8)17-7-13-14(19)4-3-9(2)18-13/h3-6,17,19H,7H2,1-2H3. The van der Waals surface area contributed by atoms with Crippen LogP contribution < -0.4 is 5.32 Å². The number of pyridine rings is 1. The maximum atomic E-state index is 13.5. The van der Waals surface area contributed by atoms with Crippen molar-refractivity contribution in [1.29, 1.82) is 0 Å². The highest BCUT2D eigenvalue weighted by molar-refractivity contribution is 9.10. The number of aryl methyl sites for hydroxylation is 2. The summed E-state index contributed by atoms with van der Waals surface area (Å²) >= 11 is 3.14. The number of hydrogen-bond donors (Lipinski definition) is 2. The van der Waals surface area contributed by atoms with E-state index in [4.69, 9.17) is 0 Å². The van der Waals surface area contributed by atoms with Crippen molar-refractivity contribution in [3.63, 3.8) is 0 Å². The zero-order valence-corrected chi connectivity index (χ0v) is 12.3. The fraction of sp³-hybridized carbons (Fsp3) is 0.214. The number of aromatic hydroxyl groups is 1. The number of nitrogens with zero attached hydrogens (tertiary/aromatic N) is 1. The second-order valence-corrected chi connectivity index (χ2v) is 5.21. The van der Waals surface area contributed by atoms with E-state index in [0.717, 1.165) is 11.3 Å². The van der Waals surface area contributed by atoms with Crippen LogP contribution in [0.25, 0.3) is 0 Å². The van der Waals surface area contributed by atoms with Crippen LogP contribution in [-0.4, -0.2) is 10.1 Å². The van der Waals surface area contributed by atoms with Gasteiger partial charge >= 0.3 is 0 Å². The van der Waals surface area contributed by atoms with E-state index in [1.54, 1.807) is 18.2 Å². The Bertz CT molecular complexity index is 617. The van der Waals surface area contributed by atoms with Gasteiger partial charge in [-0.2, -0.15) is 0 Å². The van der Waals surface area contributed by atoms with Crippen molar-refractivity contribution in [3.8, 4) is 5.75 Å². The molecule has 0 saturated heterocycles. The fourth-order valence-corrected chi connectivity index (χ4v) is 2.21. The third-order valence-corrected chi connectivity index (χ3v) is 3.41. The first-order valence-corrected chi connectivity index (χ1v) is 6.61. The first kappa shape index (κ1) is 13.8. The molecule has 2 N–H and O–H groups in total. The number of rotatable bonds is 3. The van der Waals surface area contributed by atoms with Crippen LogP contribution in [0, 0.1) is 19.7 Å². The van der Waals surface area contributed by atoms with Gasteiger partial charge in [-0.25, -0.2) is 4.39 Å². The number of anilines is 1. The minimum atomic E-state index is -0.325. The van der Waals surface area contributed by atoms with Crippen LogP contribution in [0.2, 0.25) is 0 Å². The number of halogens is 2. The zero-order chi connectivity index (χ0) is 14.0. The molecule has 1 aromatic carbocycles. The van der Waals surface area contributed by atoms with Gasteiger partial charge in [0.05, 0.1) is 11.0 Å². The normalized spacial score (nSPS) is 10.5. The lowest BCUT2D eigenvalue weighted by molar-refractivity contribution is 0.464.